The van der Waals surface area contributed by atoms with Crippen LogP contribution in [0.1, 0.15) is 29.8 Å². The number of hydrogen-bond donors (Lipinski definition) is 2. The Hall–Kier alpha value is -1.88. The van der Waals surface area contributed by atoms with E-state index in [-0.39, 0.29) is 11.5 Å². The summed E-state index contributed by atoms with van der Waals surface area (Å²) in [6.45, 7) is 6.17. The fourth-order valence-corrected chi connectivity index (χ4v) is 1.77. The van der Waals surface area contributed by atoms with E-state index in [4.69, 9.17) is 5.11 Å². The van der Waals surface area contributed by atoms with Crippen LogP contribution in [0.5, 0.6) is 0 Å². The molecule has 0 radical (unpaired) electrons. The molecule has 1 amide bonds. The number of nitrogens with zero attached hydrogens (tertiary/aromatic N) is 1. The Morgan fingerprint density at radius 2 is 1.74 bits per heavy atom. The number of likely N-dealkylation sites (N-methyl/N-ethyl adjacent to an activating group) is 1. The lowest BCUT2D eigenvalue weighted by molar-refractivity contribution is -0.129. The van der Waals surface area contributed by atoms with Crippen molar-refractivity contribution in [3.63, 3.8) is 0 Å². The zero-order chi connectivity index (χ0) is 14.3. The fraction of sp³-hybridized carbons (Fsp3) is 0.429. The second kappa shape index (κ2) is 7.53. The minimum Gasteiger partial charge on any atom is -0.478 e. The quantitative estimate of drug-likeness (QED) is 0.780. The van der Waals surface area contributed by atoms with E-state index in [1.54, 1.807) is 29.2 Å². The van der Waals surface area contributed by atoms with Crippen LogP contribution in [0.25, 0.3) is 0 Å². The second-order valence-corrected chi connectivity index (χ2v) is 4.17. The van der Waals surface area contributed by atoms with E-state index in [2.05, 4.69) is 5.32 Å². The Morgan fingerprint density at radius 3 is 2.21 bits per heavy atom. The lowest BCUT2D eigenvalue weighted by Gasteiger charge is -2.18. The standard InChI is InChI=1S/C14H20N2O3/c1-3-16(4-2)13(17)10-15-9-11-5-7-12(8-6-11)14(18)19/h5-8,15H,3-4,9-10H2,1-2H3,(H,18,19). The van der Waals surface area contributed by atoms with Crippen molar-refractivity contribution in [2.24, 2.45) is 0 Å². The molecule has 0 heterocycles. The Balaban J connectivity index is 2.41. The van der Waals surface area contributed by atoms with E-state index in [9.17, 15) is 9.59 Å². The summed E-state index contributed by atoms with van der Waals surface area (Å²) >= 11 is 0. The van der Waals surface area contributed by atoms with Crippen LogP contribution in [0.3, 0.4) is 0 Å². The molecule has 0 aliphatic rings. The third-order valence-corrected chi connectivity index (χ3v) is 2.92. The van der Waals surface area contributed by atoms with Crippen LogP contribution in [0.15, 0.2) is 24.3 Å². The first-order valence-electron chi connectivity index (χ1n) is 6.39. The molecule has 1 aromatic rings. The van der Waals surface area contributed by atoms with Gasteiger partial charge in [0.15, 0.2) is 0 Å². The van der Waals surface area contributed by atoms with Crippen molar-refractivity contribution < 1.29 is 14.7 Å². The maximum Gasteiger partial charge on any atom is 0.335 e. The normalized spacial score (nSPS) is 10.2. The maximum atomic E-state index is 11.7. The second-order valence-electron chi connectivity index (χ2n) is 4.17. The van der Waals surface area contributed by atoms with Gasteiger partial charge < -0.3 is 15.3 Å². The number of hydrogen-bond acceptors (Lipinski definition) is 3. The van der Waals surface area contributed by atoms with Crippen molar-refractivity contribution >= 4 is 11.9 Å². The molecular formula is C14H20N2O3. The van der Waals surface area contributed by atoms with Gasteiger partial charge in [0.1, 0.15) is 0 Å². The molecule has 0 aliphatic carbocycles. The Morgan fingerprint density at radius 1 is 1.16 bits per heavy atom. The minimum absolute atomic E-state index is 0.0761. The molecule has 2 N–H and O–H groups in total. The molecule has 19 heavy (non-hydrogen) atoms. The molecule has 0 aromatic heterocycles. The first-order valence-corrected chi connectivity index (χ1v) is 6.39. The van der Waals surface area contributed by atoms with Gasteiger partial charge >= 0.3 is 5.97 Å². The van der Waals surface area contributed by atoms with Gasteiger partial charge in [-0.15, -0.1) is 0 Å². The Bertz CT molecular complexity index is 425. The third-order valence-electron chi connectivity index (χ3n) is 2.92. The Kier molecular flexibility index (Phi) is 6.02. The van der Waals surface area contributed by atoms with Gasteiger partial charge in [-0.25, -0.2) is 4.79 Å². The largest absolute Gasteiger partial charge is 0.478 e. The summed E-state index contributed by atoms with van der Waals surface area (Å²) in [5.41, 5.74) is 1.22. The first-order chi connectivity index (χ1) is 9.08. The summed E-state index contributed by atoms with van der Waals surface area (Å²) in [6.07, 6.45) is 0. The number of nitrogens with one attached hydrogen (secondary N) is 1. The molecule has 0 fully saturated rings. The van der Waals surface area contributed by atoms with E-state index in [1.807, 2.05) is 13.8 Å². The zero-order valence-corrected chi connectivity index (χ0v) is 11.3. The highest BCUT2D eigenvalue weighted by molar-refractivity contribution is 5.87. The fourth-order valence-electron chi connectivity index (χ4n) is 1.77. The number of carbonyl (C=O) groups excluding carboxylic acids is 1. The summed E-state index contributed by atoms with van der Waals surface area (Å²) in [6, 6.07) is 6.62. The van der Waals surface area contributed by atoms with Gasteiger partial charge in [0, 0.05) is 19.6 Å². The minimum atomic E-state index is -0.934. The molecule has 0 saturated heterocycles. The van der Waals surface area contributed by atoms with E-state index < -0.39 is 5.97 Å². The third kappa shape index (κ3) is 4.71. The van der Waals surface area contributed by atoms with Crippen LogP contribution >= 0.6 is 0 Å². The van der Waals surface area contributed by atoms with E-state index in [0.717, 1.165) is 5.56 Å². The van der Waals surface area contributed by atoms with Crippen molar-refractivity contribution in [2.75, 3.05) is 19.6 Å². The molecule has 1 aromatic carbocycles. The molecular weight excluding hydrogens is 244 g/mol. The average molecular weight is 264 g/mol. The predicted octanol–water partition coefficient (Wildman–Crippen LogP) is 1.34. The summed E-state index contributed by atoms with van der Waals surface area (Å²) in [7, 11) is 0. The molecule has 104 valence electrons. The molecule has 1 rings (SSSR count). The number of benzene rings is 1. The number of aromatic carboxylic acids is 1. The lowest BCUT2D eigenvalue weighted by Crippen LogP contribution is -2.37. The number of carbonyl (C=O) groups is 2. The summed E-state index contributed by atoms with van der Waals surface area (Å²) in [5, 5.41) is 11.8. The van der Waals surface area contributed by atoms with Gasteiger partial charge in [-0.1, -0.05) is 12.1 Å². The van der Waals surface area contributed by atoms with Crippen LogP contribution in [-0.2, 0) is 11.3 Å². The van der Waals surface area contributed by atoms with Crippen molar-refractivity contribution in [1.29, 1.82) is 0 Å². The van der Waals surface area contributed by atoms with E-state index >= 15 is 0 Å². The van der Waals surface area contributed by atoms with Crippen molar-refractivity contribution in [3.8, 4) is 0 Å². The molecule has 0 saturated carbocycles. The summed E-state index contributed by atoms with van der Waals surface area (Å²) in [4.78, 5) is 24.2. The highest BCUT2D eigenvalue weighted by Gasteiger charge is 2.08. The number of rotatable bonds is 7. The monoisotopic (exact) mass is 264 g/mol. The molecule has 0 unspecified atom stereocenters. The zero-order valence-electron chi connectivity index (χ0n) is 11.3. The van der Waals surface area contributed by atoms with Gasteiger partial charge in [-0.05, 0) is 31.5 Å². The molecule has 0 spiro atoms. The topological polar surface area (TPSA) is 69.6 Å². The van der Waals surface area contributed by atoms with Crippen LogP contribution in [0, 0.1) is 0 Å². The van der Waals surface area contributed by atoms with Crippen molar-refractivity contribution in [1.82, 2.24) is 10.2 Å². The molecule has 0 aliphatic heterocycles. The highest BCUT2D eigenvalue weighted by atomic mass is 16.4. The summed E-state index contributed by atoms with van der Waals surface area (Å²) < 4.78 is 0. The van der Waals surface area contributed by atoms with Gasteiger partial charge in [-0.2, -0.15) is 0 Å². The molecule has 5 heteroatoms. The predicted molar refractivity (Wildman–Crippen MR) is 73.0 cm³/mol. The van der Waals surface area contributed by atoms with E-state index in [1.165, 1.54) is 0 Å². The number of carboxylic acid groups (broad SMARTS) is 1. The van der Waals surface area contributed by atoms with Crippen LogP contribution in [0.2, 0.25) is 0 Å². The molecule has 5 nitrogen and oxygen atoms in total. The molecule has 0 atom stereocenters. The van der Waals surface area contributed by atoms with Crippen LogP contribution in [-0.4, -0.2) is 41.5 Å². The number of carboxylic acids is 1. The highest BCUT2D eigenvalue weighted by Crippen LogP contribution is 2.04. The maximum absolute atomic E-state index is 11.7. The average Bonchev–Trinajstić information content (AvgIpc) is 2.40. The lowest BCUT2D eigenvalue weighted by atomic mass is 10.1. The van der Waals surface area contributed by atoms with Crippen LogP contribution < -0.4 is 5.32 Å². The van der Waals surface area contributed by atoms with Gasteiger partial charge in [-0.3, -0.25) is 4.79 Å². The van der Waals surface area contributed by atoms with Crippen LogP contribution in [0.4, 0.5) is 0 Å². The first kappa shape index (κ1) is 15.2. The van der Waals surface area contributed by atoms with E-state index in [0.29, 0.717) is 26.2 Å². The SMILES string of the molecule is CCN(CC)C(=O)CNCc1ccc(C(=O)O)cc1. The van der Waals surface area contributed by atoms with Gasteiger partial charge in [0.25, 0.3) is 0 Å². The number of amides is 1. The van der Waals surface area contributed by atoms with Gasteiger partial charge in [0.2, 0.25) is 5.91 Å². The van der Waals surface area contributed by atoms with Crippen molar-refractivity contribution in [3.05, 3.63) is 35.4 Å². The molecule has 0 bridgehead atoms. The summed E-state index contributed by atoms with van der Waals surface area (Å²) in [5.74, 6) is -0.858. The van der Waals surface area contributed by atoms with Gasteiger partial charge in [0.05, 0.1) is 12.1 Å². The smallest absolute Gasteiger partial charge is 0.335 e. The Labute approximate surface area is 113 Å². The van der Waals surface area contributed by atoms with Crippen molar-refractivity contribution in [2.45, 2.75) is 20.4 Å².